The molecule has 1 fully saturated rings. The molecule has 0 aromatic heterocycles. The SMILES string of the molecule is N[C@H](C(=O)NCC1CC(O)C1)c1ccccc1. The summed E-state index contributed by atoms with van der Waals surface area (Å²) in [5.74, 6) is 0.245. The van der Waals surface area contributed by atoms with Crippen LogP contribution < -0.4 is 11.1 Å². The Morgan fingerprint density at radius 3 is 2.65 bits per heavy atom. The van der Waals surface area contributed by atoms with Crippen LogP contribution in [0.5, 0.6) is 0 Å². The van der Waals surface area contributed by atoms with Gasteiger partial charge in [0.25, 0.3) is 0 Å². The first-order valence-corrected chi connectivity index (χ1v) is 5.93. The first-order chi connectivity index (χ1) is 8.16. The van der Waals surface area contributed by atoms with Crippen molar-refractivity contribution in [3.05, 3.63) is 35.9 Å². The first-order valence-electron chi connectivity index (χ1n) is 5.93. The lowest BCUT2D eigenvalue weighted by atomic mass is 9.82. The average Bonchev–Trinajstić information content (AvgIpc) is 2.33. The summed E-state index contributed by atoms with van der Waals surface area (Å²) >= 11 is 0. The molecule has 1 saturated carbocycles. The Morgan fingerprint density at radius 2 is 2.06 bits per heavy atom. The second-order valence-corrected chi connectivity index (χ2v) is 4.62. The minimum atomic E-state index is -0.610. The topological polar surface area (TPSA) is 75.4 Å². The number of aliphatic hydroxyl groups is 1. The van der Waals surface area contributed by atoms with Crippen LogP contribution in [0.25, 0.3) is 0 Å². The quantitative estimate of drug-likeness (QED) is 0.713. The van der Waals surface area contributed by atoms with E-state index >= 15 is 0 Å². The van der Waals surface area contributed by atoms with E-state index in [-0.39, 0.29) is 12.0 Å². The van der Waals surface area contributed by atoms with Crippen molar-refractivity contribution in [3.63, 3.8) is 0 Å². The second kappa shape index (κ2) is 5.29. The van der Waals surface area contributed by atoms with Crippen LogP contribution in [-0.2, 0) is 4.79 Å². The third-order valence-corrected chi connectivity index (χ3v) is 3.22. The summed E-state index contributed by atoms with van der Waals surface area (Å²) in [6.07, 6.45) is 1.38. The maximum Gasteiger partial charge on any atom is 0.241 e. The maximum absolute atomic E-state index is 11.8. The summed E-state index contributed by atoms with van der Waals surface area (Å²) in [6.45, 7) is 0.608. The summed E-state index contributed by atoms with van der Waals surface area (Å²) in [6, 6.07) is 8.70. The van der Waals surface area contributed by atoms with Crippen molar-refractivity contribution in [2.24, 2.45) is 11.7 Å². The van der Waals surface area contributed by atoms with Gasteiger partial charge in [-0.2, -0.15) is 0 Å². The largest absolute Gasteiger partial charge is 0.393 e. The van der Waals surface area contributed by atoms with E-state index in [1.165, 1.54) is 0 Å². The van der Waals surface area contributed by atoms with Crippen LogP contribution in [0.3, 0.4) is 0 Å². The third kappa shape index (κ3) is 3.05. The van der Waals surface area contributed by atoms with E-state index in [4.69, 9.17) is 10.8 Å². The molecule has 2 rings (SSSR count). The van der Waals surface area contributed by atoms with E-state index < -0.39 is 6.04 Å². The lowest BCUT2D eigenvalue weighted by molar-refractivity contribution is -0.123. The lowest BCUT2D eigenvalue weighted by Crippen LogP contribution is -2.41. The molecule has 1 aromatic rings. The van der Waals surface area contributed by atoms with Crippen molar-refractivity contribution in [1.82, 2.24) is 5.32 Å². The fraction of sp³-hybridized carbons (Fsp3) is 0.462. The highest BCUT2D eigenvalue weighted by atomic mass is 16.3. The number of hydrogen-bond acceptors (Lipinski definition) is 3. The smallest absolute Gasteiger partial charge is 0.241 e. The highest BCUT2D eigenvalue weighted by Gasteiger charge is 2.27. The van der Waals surface area contributed by atoms with Crippen molar-refractivity contribution in [2.75, 3.05) is 6.54 Å². The van der Waals surface area contributed by atoms with E-state index in [0.717, 1.165) is 18.4 Å². The number of amides is 1. The molecular weight excluding hydrogens is 216 g/mol. The van der Waals surface area contributed by atoms with E-state index in [1.54, 1.807) is 0 Å². The molecule has 1 aliphatic rings. The Labute approximate surface area is 101 Å². The van der Waals surface area contributed by atoms with Gasteiger partial charge in [-0.05, 0) is 24.3 Å². The summed E-state index contributed by atoms with van der Waals surface area (Å²) < 4.78 is 0. The van der Waals surface area contributed by atoms with Gasteiger partial charge in [0.15, 0.2) is 0 Å². The molecule has 17 heavy (non-hydrogen) atoms. The molecule has 0 aliphatic heterocycles. The van der Waals surface area contributed by atoms with Crippen molar-refractivity contribution >= 4 is 5.91 Å². The number of nitrogens with one attached hydrogen (secondary N) is 1. The van der Waals surface area contributed by atoms with E-state index in [9.17, 15) is 4.79 Å². The van der Waals surface area contributed by atoms with Gasteiger partial charge in [-0.15, -0.1) is 0 Å². The molecule has 1 atom stereocenters. The lowest BCUT2D eigenvalue weighted by Gasteiger charge is -2.31. The predicted molar refractivity (Wildman–Crippen MR) is 65.1 cm³/mol. The molecule has 1 aliphatic carbocycles. The number of aliphatic hydroxyl groups excluding tert-OH is 1. The summed E-state index contributed by atoms with van der Waals surface area (Å²) in [5, 5.41) is 12.0. The number of rotatable bonds is 4. The van der Waals surface area contributed by atoms with Crippen LogP contribution in [0.4, 0.5) is 0 Å². The zero-order chi connectivity index (χ0) is 12.3. The van der Waals surface area contributed by atoms with Crippen molar-refractivity contribution in [1.29, 1.82) is 0 Å². The molecule has 0 unspecified atom stereocenters. The van der Waals surface area contributed by atoms with Crippen molar-refractivity contribution < 1.29 is 9.90 Å². The van der Waals surface area contributed by atoms with Crippen LogP contribution >= 0.6 is 0 Å². The number of nitrogens with two attached hydrogens (primary N) is 1. The molecule has 0 radical (unpaired) electrons. The van der Waals surface area contributed by atoms with Gasteiger partial charge in [0, 0.05) is 6.54 Å². The molecule has 92 valence electrons. The van der Waals surface area contributed by atoms with Gasteiger partial charge in [0.1, 0.15) is 6.04 Å². The van der Waals surface area contributed by atoms with Crippen molar-refractivity contribution in [2.45, 2.75) is 25.0 Å². The summed E-state index contributed by atoms with van der Waals surface area (Å²) in [5.41, 5.74) is 6.67. The maximum atomic E-state index is 11.8. The van der Waals surface area contributed by atoms with Gasteiger partial charge in [-0.1, -0.05) is 30.3 Å². The molecule has 0 bridgehead atoms. The van der Waals surface area contributed by atoms with Gasteiger partial charge >= 0.3 is 0 Å². The fourth-order valence-corrected chi connectivity index (χ4v) is 2.03. The molecule has 0 heterocycles. The highest BCUT2D eigenvalue weighted by Crippen LogP contribution is 2.26. The predicted octanol–water partition coefficient (Wildman–Crippen LogP) is 0.573. The Hall–Kier alpha value is -1.39. The fourth-order valence-electron chi connectivity index (χ4n) is 2.03. The van der Waals surface area contributed by atoms with Gasteiger partial charge in [0.05, 0.1) is 6.10 Å². The van der Waals surface area contributed by atoms with Crippen LogP contribution in [0.2, 0.25) is 0 Å². The van der Waals surface area contributed by atoms with Crippen LogP contribution in [0, 0.1) is 5.92 Å². The Morgan fingerprint density at radius 1 is 1.41 bits per heavy atom. The van der Waals surface area contributed by atoms with Gasteiger partial charge in [0.2, 0.25) is 5.91 Å². The average molecular weight is 234 g/mol. The molecule has 0 spiro atoms. The van der Waals surface area contributed by atoms with E-state index in [2.05, 4.69) is 5.32 Å². The minimum Gasteiger partial charge on any atom is -0.393 e. The van der Waals surface area contributed by atoms with Crippen LogP contribution in [0.15, 0.2) is 30.3 Å². The Kier molecular flexibility index (Phi) is 3.76. The van der Waals surface area contributed by atoms with E-state index in [1.807, 2.05) is 30.3 Å². The molecule has 1 aromatic carbocycles. The second-order valence-electron chi connectivity index (χ2n) is 4.62. The number of carbonyl (C=O) groups excluding carboxylic acids is 1. The van der Waals surface area contributed by atoms with Gasteiger partial charge in [-0.3, -0.25) is 4.79 Å². The van der Waals surface area contributed by atoms with Crippen LogP contribution in [-0.4, -0.2) is 23.7 Å². The summed E-state index contributed by atoms with van der Waals surface area (Å²) in [4.78, 5) is 11.8. The normalized spacial score (nSPS) is 24.8. The monoisotopic (exact) mass is 234 g/mol. The first kappa shape index (κ1) is 12.1. The zero-order valence-electron chi connectivity index (χ0n) is 9.67. The number of benzene rings is 1. The molecule has 4 N–H and O–H groups in total. The van der Waals surface area contributed by atoms with Crippen molar-refractivity contribution in [3.8, 4) is 0 Å². The summed E-state index contributed by atoms with van der Waals surface area (Å²) in [7, 11) is 0. The number of carbonyl (C=O) groups is 1. The van der Waals surface area contributed by atoms with E-state index in [0.29, 0.717) is 12.5 Å². The molecule has 4 nitrogen and oxygen atoms in total. The molecule has 1 amide bonds. The zero-order valence-corrected chi connectivity index (χ0v) is 9.67. The molecule has 0 saturated heterocycles. The molecular formula is C13H18N2O2. The molecule has 4 heteroatoms. The third-order valence-electron chi connectivity index (χ3n) is 3.22. The van der Waals surface area contributed by atoms with Gasteiger partial charge in [-0.25, -0.2) is 0 Å². The minimum absolute atomic E-state index is 0.155. The Bertz CT molecular complexity index is 374. The van der Waals surface area contributed by atoms with Gasteiger partial charge < -0.3 is 16.2 Å². The van der Waals surface area contributed by atoms with Crippen LogP contribution in [0.1, 0.15) is 24.4 Å². The number of hydrogen-bond donors (Lipinski definition) is 3. The standard InChI is InChI=1S/C13H18N2O2/c14-12(10-4-2-1-3-5-10)13(17)15-8-9-6-11(16)7-9/h1-5,9,11-12,16H,6-8,14H2,(H,15,17)/t9?,11?,12-/m0/s1. The highest BCUT2D eigenvalue weighted by molar-refractivity contribution is 5.82. The Balaban J connectivity index is 1.80.